The summed E-state index contributed by atoms with van der Waals surface area (Å²) in [5, 5.41) is 4.94. The molecule has 2 aromatic rings. The average Bonchev–Trinajstić information content (AvgIpc) is 3.00. The van der Waals surface area contributed by atoms with E-state index in [0.29, 0.717) is 19.0 Å². The fourth-order valence-electron chi connectivity index (χ4n) is 2.16. The minimum atomic E-state index is 0.00556. The van der Waals surface area contributed by atoms with Gasteiger partial charge in [-0.2, -0.15) is 0 Å². The highest BCUT2D eigenvalue weighted by molar-refractivity contribution is 5.76. The Hall–Kier alpha value is -2.07. The van der Waals surface area contributed by atoms with Crippen molar-refractivity contribution in [2.24, 2.45) is 5.92 Å². The summed E-state index contributed by atoms with van der Waals surface area (Å²) in [6.45, 7) is 5.26. The van der Waals surface area contributed by atoms with Gasteiger partial charge in [-0.25, -0.2) is 0 Å². The van der Waals surface area contributed by atoms with Crippen molar-refractivity contribution in [1.82, 2.24) is 5.32 Å². The maximum absolute atomic E-state index is 11.9. The highest BCUT2D eigenvalue weighted by Crippen LogP contribution is 2.18. The summed E-state index contributed by atoms with van der Waals surface area (Å²) in [6.07, 6.45) is 1.66. The molecule has 2 rings (SSSR count). The third kappa shape index (κ3) is 4.76. The average molecular weight is 287 g/mol. The third-order valence-electron chi connectivity index (χ3n) is 3.25. The van der Waals surface area contributed by atoms with E-state index < -0.39 is 0 Å². The number of quaternary nitrogens is 1. The molecule has 0 aliphatic rings. The molecule has 0 saturated heterocycles. The Bertz CT molecular complexity index is 535. The first-order valence-electron chi connectivity index (χ1n) is 7.35. The van der Waals surface area contributed by atoms with Crippen molar-refractivity contribution in [1.29, 1.82) is 0 Å². The predicted molar refractivity (Wildman–Crippen MR) is 81.6 cm³/mol. The van der Waals surface area contributed by atoms with Crippen LogP contribution in [0.15, 0.2) is 53.1 Å². The van der Waals surface area contributed by atoms with E-state index in [1.165, 1.54) is 0 Å². The van der Waals surface area contributed by atoms with Crippen LogP contribution in [-0.2, 0) is 4.79 Å². The van der Waals surface area contributed by atoms with Gasteiger partial charge in [0.2, 0.25) is 0 Å². The zero-order valence-electron chi connectivity index (χ0n) is 12.6. The Morgan fingerprint density at radius 2 is 1.95 bits per heavy atom. The lowest BCUT2D eigenvalue weighted by atomic mass is 10.0. The number of hydrogen-bond donors (Lipinski definition) is 2. The molecular weight excluding hydrogens is 264 g/mol. The molecule has 112 valence electrons. The number of benzene rings is 1. The third-order valence-corrected chi connectivity index (χ3v) is 3.25. The zero-order valence-corrected chi connectivity index (χ0v) is 12.6. The van der Waals surface area contributed by atoms with Gasteiger partial charge in [0.05, 0.1) is 6.26 Å². The van der Waals surface area contributed by atoms with Gasteiger partial charge >= 0.3 is 0 Å². The second-order valence-electron chi connectivity index (χ2n) is 5.54. The van der Waals surface area contributed by atoms with Gasteiger partial charge in [-0.05, 0) is 18.1 Å². The fraction of sp³-hybridized carbons (Fsp3) is 0.353. The molecule has 1 heterocycles. The molecule has 1 aromatic carbocycles. The maximum Gasteiger partial charge on any atom is 0.275 e. The van der Waals surface area contributed by atoms with E-state index in [0.717, 1.165) is 11.3 Å². The quantitative estimate of drug-likeness (QED) is 0.814. The van der Waals surface area contributed by atoms with Crippen molar-refractivity contribution in [3.8, 4) is 0 Å². The Morgan fingerprint density at radius 3 is 2.57 bits per heavy atom. The fourth-order valence-corrected chi connectivity index (χ4v) is 2.16. The molecule has 0 radical (unpaired) electrons. The number of carbonyl (C=O) groups is 1. The van der Waals surface area contributed by atoms with Crippen LogP contribution in [0, 0.1) is 5.92 Å². The van der Waals surface area contributed by atoms with Gasteiger partial charge in [-0.3, -0.25) is 4.79 Å². The molecule has 0 unspecified atom stereocenters. The van der Waals surface area contributed by atoms with E-state index in [1.54, 1.807) is 6.26 Å². The maximum atomic E-state index is 11.9. The Kier molecular flexibility index (Phi) is 5.58. The molecule has 1 atom stereocenters. The second kappa shape index (κ2) is 7.64. The number of nitrogens with two attached hydrogens (primary N) is 1. The number of rotatable bonds is 7. The van der Waals surface area contributed by atoms with Gasteiger partial charge < -0.3 is 15.1 Å². The van der Waals surface area contributed by atoms with Crippen molar-refractivity contribution >= 4 is 5.91 Å². The van der Waals surface area contributed by atoms with Gasteiger partial charge in [0, 0.05) is 12.1 Å². The first kappa shape index (κ1) is 15.3. The number of carbonyl (C=O) groups excluding carboxylic acids is 1. The van der Waals surface area contributed by atoms with E-state index in [1.807, 2.05) is 35.6 Å². The molecule has 0 saturated carbocycles. The van der Waals surface area contributed by atoms with Crippen molar-refractivity contribution in [2.45, 2.75) is 19.9 Å². The summed E-state index contributed by atoms with van der Waals surface area (Å²) < 4.78 is 5.52. The smallest absolute Gasteiger partial charge is 0.275 e. The van der Waals surface area contributed by atoms with E-state index in [2.05, 4.69) is 31.3 Å². The lowest BCUT2D eigenvalue weighted by Crippen LogP contribution is -2.87. The van der Waals surface area contributed by atoms with Crippen LogP contribution in [-0.4, -0.2) is 19.0 Å². The first-order chi connectivity index (χ1) is 10.2. The number of nitrogens with one attached hydrogen (secondary N) is 1. The summed E-state index contributed by atoms with van der Waals surface area (Å²) in [5.41, 5.74) is 1.13. The molecule has 4 nitrogen and oxygen atoms in total. The predicted octanol–water partition coefficient (Wildman–Crippen LogP) is 1.70. The van der Waals surface area contributed by atoms with Crippen LogP contribution in [0.25, 0.3) is 0 Å². The van der Waals surface area contributed by atoms with Gasteiger partial charge in [0.25, 0.3) is 5.91 Å². The number of hydrogen-bond acceptors (Lipinski definition) is 2. The lowest BCUT2D eigenvalue weighted by molar-refractivity contribution is -0.678. The van der Waals surface area contributed by atoms with Crippen LogP contribution in [0.4, 0.5) is 0 Å². The molecule has 4 heteroatoms. The monoisotopic (exact) mass is 287 g/mol. The lowest BCUT2D eigenvalue weighted by Gasteiger charge is -2.14. The second-order valence-corrected chi connectivity index (χ2v) is 5.54. The molecule has 21 heavy (non-hydrogen) atoms. The SMILES string of the molecule is CC(C)CNC(=O)C[NH2+][C@@H](c1ccccc1)c1ccco1. The highest BCUT2D eigenvalue weighted by Gasteiger charge is 2.21. The highest BCUT2D eigenvalue weighted by atomic mass is 16.3. The Morgan fingerprint density at radius 1 is 1.19 bits per heavy atom. The van der Waals surface area contributed by atoms with E-state index in [9.17, 15) is 4.79 Å². The normalized spacial score (nSPS) is 12.3. The van der Waals surface area contributed by atoms with Crippen molar-refractivity contribution < 1.29 is 14.5 Å². The van der Waals surface area contributed by atoms with E-state index in [4.69, 9.17) is 4.42 Å². The molecule has 3 N–H and O–H groups in total. The first-order valence-corrected chi connectivity index (χ1v) is 7.35. The summed E-state index contributed by atoms with van der Waals surface area (Å²) in [6, 6.07) is 13.9. The minimum Gasteiger partial charge on any atom is -0.463 e. The summed E-state index contributed by atoms with van der Waals surface area (Å²) >= 11 is 0. The molecule has 1 amide bonds. The van der Waals surface area contributed by atoms with Crippen LogP contribution in [0.2, 0.25) is 0 Å². The topological polar surface area (TPSA) is 58.9 Å². The Labute approximate surface area is 125 Å². The van der Waals surface area contributed by atoms with E-state index >= 15 is 0 Å². The summed E-state index contributed by atoms with van der Waals surface area (Å²) in [5.74, 6) is 1.37. The van der Waals surface area contributed by atoms with Crippen LogP contribution in [0.3, 0.4) is 0 Å². The molecule has 0 fully saturated rings. The number of furan rings is 1. The van der Waals surface area contributed by atoms with Gasteiger partial charge in [-0.1, -0.05) is 44.2 Å². The van der Waals surface area contributed by atoms with Crippen LogP contribution in [0.1, 0.15) is 31.2 Å². The van der Waals surface area contributed by atoms with Crippen LogP contribution < -0.4 is 10.6 Å². The minimum absolute atomic E-state index is 0.00556. The number of amides is 1. The summed E-state index contributed by atoms with van der Waals surface area (Å²) in [4.78, 5) is 11.9. The standard InChI is InChI=1S/C17H22N2O2/c1-13(2)11-18-16(20)12-19-17(15-9-6-10-21-15)14-7-4-3-5-8-14/h3-10,13,17,19H,11-12H2,1-2H3,(H,18,20)/p+1/t17-/m0/s1. The van der Waals surface area contributed by atoms with Crippen LogP contribution in [0.5, 0.6) is 0 Å². The molecule has 1 aromatic heterocycles. The van der Waals surface area contributed by atoms with Crippen molar-refractivity contribution in [3.63, 3.8) is 0 Å². The van der Waals surface area contributed by atoms with E-state index in [-0.39, 0.29) is 11.9 Å². The van der Waals surface area contributed by atoms with Crippen LogP contribution >= 0.6 is 0 Å². The zero-order chi connectivity index (χ0) is 15.1. The molecule has 0 aliphatic heterocycles. The summed E-state index contributed by atoms with van der Waals surface area (Å²) in [7, 11) is 0. The van der Waals surface area contributed by atoms with Gasteiger partial charge in [-0.15, -0.1) is 0 Å². The molecule has 0 aliphatic carbocycles. The van der Waals surface area contributed by atoms with Crippen molar-refractivity contribution in [2.75, 3.05) is 13.1 Å². The molecular formula is C17H23N2O2+. The van der Waals surface area contributed by atoms with Crippen molar-refractivity contribution in [3.05, 3.63) is 60.1 Å². The molecule has 0 spiro atoms. The molecule has 0 bridgehead atoms. The Balaban J connectivity index is 1.99. The largest absolute Gasteiger partial charge is 0.463 e. The van der Waals surface area contributed by atoms with Gasteiger partial charge in [0.1, 0.15) is 0 Å². The van der Waals surface area contributed by atoms with Gasteiger partial charge in [0.15, 0.2) is 18.3 Å².